The SMILES string of the molecule is COC(=O)C1CN(c2ccc([N+](=O)[O-])c(C)n2)CCO1. The summed E-state index contributed by atoms with van der Waals surface area (Å²) in [5, 5.41) is 10.8. The molecule has 0 aliphatic carbocycles. The summed E-state index contributed by atoms with van der Waals surface area (Å²) in [4.78, 5) is 27.8. The molecule has 1 aliphatic rings. The Kier molecular flexibility index (Phi) is 4.14. The molecule has 1 aromatic rings. The van der Waals surface area contributed by atoms with Crippen molar-refractivity contribution in [1.82, 2.24) is 4.98 Å². The van der Waals surface area contributed by atoms with E-state index in [9.17, 15) is 14.9 Å². The molecule has 2 rings (SSSR count). The lowest BCUT2D eigenvalue weighted by molar-refractivity contribution is -0.385. The lowest BCUT2D eigenvalue weighted by atomic mass is 10.2. The highest BCUT2D eigenvalue weighted by Crippen LogP contribution is 2.22. The highest BCUT2D eigenvalue weighted by atomic mass is 16.6. The van der Waals surface area contributed by atoms with Gasteiger partial charge in [-0.2, -0.15) is 0 Å². The second-order valence-corrected chi connectivity index (χ2v) is 4.36. The molecule has 0 aromatic carbocycles. The summed E-state index contributed by atoms with van der Waals surface area (Å²) in [6.07, 6.45) is -0.661. The van der Waals surface area contributed by atoms with E-state index < -0.39 is 17.0 Å². The number of rotatable bonds is 3. The Balaban J connectivity index is 2.17. The molecule has 20 heavy (non-hydrogen) atoms. The number of anilines is 1. The number of aryl methyl sites for hydroxylation is 1. The molecule has 1 unspecified atom stereocenters. The number of hydrogen-bond acceptors (Lipinski definition) is 7. The van der Waals surface area contributed by atoms with Gasteiger partial charge in [-0.3, -0.25) is 10.1 Å². The zero-order chi connectivity index (χ0) is 14.7. The number of esters is 1. The highest BCUT2D eigenvalue weighted by molar-refractivity contribution is 5.75. The molecule has 0 bridgehead atoms. The van der Waals surface area contributed by atoms with E-state index >= 15 is 0 Å². The van der Waals surface area contributed by atoms with E-state index in [1.165, 1.54) is 13.2 Å². The van der Waals surface area contributed by atoms with Crippen molar-refractivity contribution in [3.63, 3.8) is 0 Å². The van der Waals surface area contributed by atoms with Gasteiger partial charge in [0.15, 0.2) is 6.10 Å². The summed E-state index contributed by atoms with van der Waals surface area (Å²) in [6, 6.07) is 2.99. The van der Waals surface area contributed by atoms with Gasteiger partial charge in [0.2, 0.25) is 0 Å². The van der Waals surface area contributed by atoms with Crippen LogP contribution in [0.1, 0.15) is 5.69 Å². The molecular formula is C12H15N3O5. The van der Waals surface area contributed by atoms with E-state index in [2.05, 4.69) is 9.72 Å². The van der Waals surface area contributed by atoms with Gasteiger partial charge in [0.05, 0.1) is 25.2 Å². The number of pyridine rings is 1. The molecule has 0 radical (unpaired) electrons. The number of morpholine rings is 1. The maximum Gasteiger partial charge on any atom is 0.336 e. The third-order valence-electron chi connectivity index (χ3n) is 3.09. The van der Waals surface area contributed by atoms with Crippen LogP contribution < -0.4 is 4.90 Å². The molecule has 2 heterocycles. The normalized spacial score (nSPS) is 18.7. The van der Waals surface area contributed by atoms with Gasteiger partial charge in [0, 0.05) is 12.6 Å². The minimum Gasteiger partial charge on any atom is -0.467 e. The minimum atomic E-state index is -0.661. The van der Waals surface area contributed by atoms with Gasteiger partial charge >= 0.3 is 5.97 Å². The standard InChI is InChI=1S/C12H15N3O5/c1-8-9(15(17)18)3-4-11(13-8)14-5-6-20-10(7-14)12(16)19-2/h3-4,10H,5-7H2,1-2H3. The van der Waals surface area contributed by atoms with E-state index in [-0.39, 0.29) is 5.69 Å². The van der Waals surface area contributed by atoms with Crippen LogP contribution >= 0.6 is 0 Å². The van der Waals surface area contributed by atoms with Crippen molar-refractivity contribution in [2.24, 2.45) is 0 Å². The summed E-state index contributed by atoms with van der Waals surface area (Å²) < 4.78 is 9.97. The van der Waals surface area contributed by atoms with Gasteiger partial charge in [-0.25, -0.2) is 9.78 Å². The Labute approximate surface area is 115 Å². The van der Waals surface area contributed by atoms with Crippen molar-refractivity contribution in [1.29, 1.82) is 0 Å². The fourth-order valence-corrected chi connectivity index (χ4v) is 2.04. The molecule has 1 aromatic heterocycles. The molecule has 0 saturated carbocycles. The lowest BCUT2D eigenvalue weighted by Crippen LogP contribution is -2.46. The smallest absolute Gasteiger partial charge is 0.336 e. The molecule has 8 nitrogen and oxygen atoms in total. The van der Waals surface area contributed by atoms with E-state index in [4.69, 9.17) is 4.74 Å². The van der Waals surface area contributed by atoms with Crippen molar-refractivity contribution in [3.8, 4) is 0 Å². The predicted molar refractivity (Wildman–Crippen MR) is 69.6 cm³/mol. The van der Waals surface area contributed by atoms with Crippen LogP contribution in [-0.4, -0.2) is 48.8 Å². The van der Waals surface area contributed by atoms with Crippen molar-refractivity contribution in [3.05, 3.63) is 27.9 Å². The van der Waals surface area contributed by atoms with Crippen molar-refractivity contribution in [2.75, 3.05) is 31.7 Å². The zero-order valence-corrected chi connectivity index (χ0v) is 11.2. The summed E-state index contributed by atoms with van der Waals surface area (Å²) in [7, 11) is 1.30. The molecule has 0 amide bonds. The zero-order valence-electron chi connectivity index (χ0n) is 11.2. The van der Waals surface area contributed by atoms with E-state index in [0.29, 0.717) is 31.2 Å². The average Bonchev–Trinajstić information content (AvgIpc) is 2.46. The lowest BCUT2D eigenvalue weighted by Gasteiger charge is -2.32. The number of nitro groups is 1. The minimum absolute atomic E-state index is 0.0217. The van der Waals surface area contributed by atoms with Gasteiger partial charge in [-0.1, -0.05) is 0 Å². The van der Waals surface area contributed by atoms with Crippen LogP contribution in [0, 0.1) is 17.0 Å². The van der Waals surface area contributed by atoms with Crippen LogP contribution in [0.25, 0.3) is 0 Å². The molecule has 108 valence electrons. The number of aromatic nitrogens is 1. The van der Waals surface area contributed by atoms with Crippen molar-refractivity contribution < 1.29 is 19.2 Å². The van der Waals surface area contributed by atoms with E-state index in [1.54, 1.807) is 13.0 Å². The number of hydrogen-bond donors (Lipinski definition) is 0. The van der Waals surface area contributed by atoms with Crippen LogP contribution in [0.4, 0.5) is 11.5 Å². The Bertz CT molecular complexity index is 534. The van der Waals surface area contributed by atoms with Crippen molar-refractivity contribution in [2.45, 2.75) is 13.0 Å². The number of carbonyl (C=O) groups excluding carboxylic acids is 1. The number of carbonyl (C=O) groups is 1. The second-order valence-electron chi connectivity index (χ2n) is 4.36. The fraction of sp³-hybridized carbons (Fsp3) is 0.500. The molecule has 1 fully saturated rings. The largest absolute Gasteiger partial charge is 0.467 e. The van der Waals surface area contributed by atoms with Crippen LogP contribution in [0.2, 0.25) is 0 Å². The number of nitrogens with zero attached hydrogens (tertiary/aromatic N) is 3. The monoisotopic (exact) mass is 281 g/mol. The van der Waals surface area contributed by atoms with Gasteiger partial charge in [0.25, 0.3) is 5.69 Å². The van der Waals surface area contributed by atoms with Crippen LogP contribution in [0.15, 0.2) is 12.1 Å². The quantitative estimate of drug-likeness (QED) is 0.456. The number of methoxy groups -OCH3 is 1. The summed E-state index contributed by atoms with van der Waals surface area (Å²) in [5.41, 5.74) is 0.320. The van der Waals surface area contributed by atoms with Gasteiger partial charge in [-0.05, 0) is 13.0 Å². The average molecular weight is 281 g/mol. The summed E-state index contributed by atoms with van der Waals surface area (Å²) in [6.45, 7) is 2.84. The summed E-state index contributed by atoms with van der Waals surface area (Å²) >= 11 is 0. The summed E-state index contributed by atoms with van der Waals surface area (Å²) in [5.74, 6) is 0.152. The first-order valence-corrected chi connectivity index (χ1v) is 6.09. The van der Waals surface area contributed by atoms with Gasteiger partial charge in [0.1, 0.15) is 11.5 Å². The third-order valence-corrected chi connectivity index (χ3v) is 3.09. The van der Waals surface area contributed by atoms with E-state index in [1.807, 2.05) is 4.90 Å². The molecule has 8 heteroatoms. The molecular weight excluding hydrogens is 266 g/mol. The first-order chi connectivity index (χ1) is 9.52. The van der Waals surface area contributed by atoms with Crippen LogP contribution in [0.5, 0.6) is 0 Å². The first kappa shape index (κ1) is 14.2. The van der Waals surface area contributed by atoms with Gasteiger partial charge in [-0.15, -0.1) is 0 Å². The molecule has 1 atom stereocenters. The molecule has 0 spiro atoms. The fourth-order valence-electron chi connectivity index (χ4n) is 2.04. The predicted octanol–water partition coefficient (Wildman–Crippen LogP) is 0.676. The topological polar surface area (TPSA) is 94.8 Å². The maximum absolute atomic E-state index is 11.5. The first-order valence-electron chi connectivity index (χ1n) is 6.09. The number of ether oxygens (including phenoxy) is 2. The highest BCUT2D eigenvalue weighted by Gasteiger charge is 2.28. The molecule has 0 N–H and O–H groups in total. The van der Waals surface area contributed by atoms with Gasteiger partial charge < -0.3 is 14.4 Å². The van der Waals surface area contributed by atoms with Crippen molar-refractivity contribution >= 4 is 17.5 Å². The second kappa shape index (κ2) is 5.83. The Morgan fingerprint density at radius 3 is 2.95 bits per heavy atom. The van der Waals surface area contributed by atoms with Crippen LogP contribution in [-0.2, 0) is 14.3 Å². The Morgan fingerprint density at radius 1 is 1.60 bits per heavy atom. The third kappa shape index (κ3) is 2.85. The molecule has 1 aliphatic heterocycles. The Hall–Kier alpha value is -2.22. The maximum atomic E-state index is 11.5. The van der Waals surface area contributed by atoms with Crippen LogP contribution in [0.3, 0.4) is 0 Å². The molecule has 1 saturated heterocycles. The van der Waals surface area contributed by atoms with E-state index in [0.717, 1.165) is 0 Å². The Morgan fingerprint density at radius 2 is 2.35 bits per heavy atom.